The van der Waals surface area contributed by atoms with E-state index in [0.717, 1.165) is 20.3 Å². The Morgan fingerprint density at radius 1 is 1.11 bits per heavy atom. The van der Waals surface area contributed by atoms with Gasteiger partial charge >= 0.3 is 0 Å². The van der Waals surface area contributed by atoms with Gasteiger partial charge in [0.2, 0.25) is 0 Å². The summed E-state index contributed by atoms with van der Waals surface area (Å²) in [6.45, 7) is 3.92. The molecule has 3 heteroatoms. The van der Waals surface area contributed by atoms with Crippen LogP contribution in [0, 0.1) is 17.4 Å². The lowest BCUT2D eigenvalue weighted by atomic mass is 10.0. The number of carbonyl (C=O) groups is 1. The Hall–Kier alpha value is -0.870. The van der Waals surface area contributed by atoms with Crippen molar-refractivity contribution in [3.05, 3.63) is 67.2 Å². The minimum atomic E-state index is 0.0185. The molecule has 0 spiro atoms. The normalized spacial score (nSPS) is 10.4. The Balaban J connectivity index is 2.48. The third-order valence-electron chi connectivity index (χ3n) is 2.87. The lowest BCUT2D eigenvalue weighted by Gasteiger charge is -2.07. The predicted molar refractivity (Wildman–Crippen MR) is 83.5 cm³/mol. The average molecular weight is 371 g/mol. The molecule has 0 bridgehead atoms. The first kappa shape index (κ1) is 13.6. The van der Waals surface area contributed by atoms with E-state index in [1.807, 2.05) is 44.2 Å². The van der Waals surface area contributed by atoms with Crippen molar-refractivity contribution in [2.24, 2.45) is 0 Å². The van der Waals surface area contributed by atoms with Crippen LogP contribution < -0.4 is 0 Å². The second-order valence-corrected chi connectivity index (χ2v) is 5.72. The summed E-state index contributed by atoms with van der Waals surface area (Å²) in [5.74, 6) is 0.0185. The first-order valence-electron chi connectivity index (χ1n) is 5.56. The first-order chi connectivity index (χ1) is 8.50. The van der Waals surface area contributed by atoms with Crippen molar-refractivity contribution < 1.29 is 4.79 Å². The molecule has 2 aromatic carbocycles. The van der Waals surface area contributed by atoms with Gasteiger partial charge in [0.05, 0.1) is 0 Å². The molecule has 2 rings (SSSR count). The topological polar surface area (TPSA) is 17.1 Å². The number of halogens is 2. The number of ketones is 1. The molecule has 0 heterocycles. The molecule has 0 N–H and O–H groups in total. The van der Waals surface area contributed by atoms with Crippen LogP contribution in [-0.4, -0.2) is 5.78 Å². The van der Waals surface area contributed by atoms with Gasteiger partial charge in [0.1, 0.15) is 0 Å². The molecule has 1 nitrogen and oxygen atoms in total. The molecule has 0 saturated heterocycles. The Bertz CT molecular complexity index is 620. The standard InChI is InChI=1S/C15H12ClIO/c1-9-6-7-11(8-13(9)16)15(18)12-5-3-4-10(2)14(12)17/h3-8H,1-2H3. The quantitative estimate of drug-likeness (QED) is 0.548. The van der Waals surface area contributed by atoms with Crippen LogP contribution in [0.2, 0.25) is 5.02 Å². The van der Waals surface area contributed by atoms with E-state index in [1.54, 1.807) is 6.07 Å². The van der Waals surface area contributed by atoms with Crippen LogP contribution in [0.1, 0.15) is 27.0 Å². The SMILES string of the molecule is Cc1ccc(C(=O)c2cccc(C)c2I)cc1Cl. The third-order valence-corrected chi connectivity index (χ3v) is 4.71. The molecule has 0 amide bonds. The molecule has 0 radical (unpaired) electrons. The molecule has 2 aromatic rings. The molecule has 0 aliphatic carbocycles. The molecule has 92 valence electrons. The van der Waals surface area contributed by atoms with Crippen molar-refractivity contribution in [1.82, 2.24) is 0 Å². The van der Waals surface area contributed by atoms with Gasteiger partial charge in [-0.3, -0.25) is 4.79 Å². The highest BCUT2D eigenvalue weighted by atomic mass is 127. The van der Waals surface area contributed by atoms with Gasteiger partial charge in [0.15, 0.2) is 5.78 Å². The maximum absolute atomic E-state index is 12.4. The largest absolute Gasteiger partial charge is 0.289 e. The molecule has 0 unspecified atom stereocenters. The molecule has 18 heavy (non-hydrogen) atoms. The summed E-state index contributed by atoms with van der Waals surface area (Å²) in [5, 5.41) is 0.628. The Labute approximate surface area is 125 Å². The Morgan fingerprint density at radius 2 is 1.83 bits per heavy atom. The Kier molecular flexibility index (Phi) is 4.07. The summed E-state index contributed by atoms with van der Waals surface area (Å²) in [6.07, 6.45) is 0. The van der Waals surface area contributed by atoms with Crippen LogP contribution in [-0.2, 0) is 0 Å². The number of aryl methyl sites for hydroxylation is 2. The van der Waals surface area contributed by atoms with Crippen LogP contribution in [0.3, 0.4) is 0 Å². The predicted octanol–water partition coefficient (Wildman–Crippen LogP) is 4.79. The second kappa shape index (κ2) is 5.41. The van der Waals surface area contributed by atoms with Gasteiger partial charge in [-0.2, -0.15) is 0 Å². The average Bonchev–Trinajstić information content (AvgIpc) is 2.35. The molecular weight excluding hydrogens is 359 g/mol. The van der Waals surface area contributed by atoms with E-state index in [1.165, 1.54) is 0 Å². The van der Waals surface area contributed by atoms with E-state index >= 15 is 0 Å². The summed E-state index contributed by atoms with van der Waals surface area (Å²) in [4.78, 5) is 12.4. The van der Waals surface area contributed by atoms with Crippen LogP contribution >= 0.6 is 34.2 Å². The zero-order valence-electron chi connectivity index (χ0n) is 10.1. The fourth-order valence-electron chi connectivity index (χ4n) is 1.71. The lowest BCUT2D eigenvalue weighted by Crippen LogP contribution is -2.05. The number of carbonyl (C=O) groups excluding carboxylic acids is 1. The van der Waals surface area contributed by atoms with E-state index in [9.17, 15) is 4.79 Å². The Morgan fingerprint density at radius 3 is 2.50 bits per heavy atom. The molecular formula is C15H12ClIO. The molecule has 0 aromatic heterocycles. The molecule has 0 atom stereocenters. The van der Waals surface area contributed by atoms with Crippen molar-refractivity contribution in [3.63, 3.8) is 0 Å². The summed E-state index contributed by atoms with van der Waals surface area (Å²) >= 11 is 8.27. The minimum absolute atomic E-state index is 0.0185. The number of benzene rings is 2. The van der Waals surface area contributed by atoms with Crippen LogP contribution in [0.25, 0.3) is 0 Å². The van der Waals surface area contributed by atoms with Gasteiger partial charge < -0.3 is 0 Å². The highest BCUT2D eigenvalue weighted by Gasteiger charge is 2.14. The number of rotatable bonds is 2. The lowest BCUT2D eigenvalue weighted by molar-refractivity contribution is 0.103. The third kappa shape index (κ3) is 2.59. The summed E-state index contributed by atoms with van der Waals surface area (Å²) < 4.78 is 0.997. The maximum atomic E-state index is 12.4. The van der Waals surface area contributed by atoms with Gasteiger partial charge in [-0.05, 0) is 59.7 Å². The fraction of sp³-hybridized carbons (Fsp3) is 0.133. The zero-order valence-corrected chi connectivity index (χ0v) is 13.0. The van der Waals surface area contributed by atoms with E-state index in [-0.39, 0.29) is 5.78 Å². The van der Waals surface area contributed by atoms with E-state index < -0.39 is 0 Å². The van der Waals surface area contributed by atoms with Gasteiger partial charge in [0.25, 0.3) is 0 Å². The number of hydrogen-bond acceptors (Lipinski definition) is 1. The van der Waals surface area contributed by atoms with Crippen molar-refractivity contribution in [3.8, 4) is 0 Å². The molecule has 0 aliphatic rings. The fourth-order valence-corrected chi connectivity index (χ4v) is 2.50. The van der Waals surface area contributed by atoms with Crippen molar-refractivity contribution >= 4 is 40.0 Å². The van der Waals surface area contributed by atoms with Crippen LogP contribution in [0.5, 0.6) is 0 Å². The second-order valence-electron chi connectivity index (χ2n) is 4.23. The zero-order chi connectivity index (χ0) is 13.3. The smallest absolute Gasteiger partial charge is 0.194 e. The minimum Gasteiger partial charge on any atom is -0.289 e. The van der Waals surface area contributed by atoms with Gasteiger partial charge in [-0.25, -0.2) is 0 Å². The molecule has 0 fully saturated rings. The van der Waals surface area contributed by atoms with Crippen molar-refractivity contribution in [2.75, 3.05) is 0 Å². The monoisotopic (exact) mass is 370 g/mol. The summed E-state index contributed by atoms with van der Waals surface area (Å²) in [7, 11) is 0. The highest BCUT2D eigenvalue weighted by molar-refractivity contribution is 14.1. The summed E-state index contributed by atoms with van der Waals surface area (Å²) in [5.41, 5.74) is 3.46. The maximum Gasteiger partial charge on any atom is 0.194 e. The van der Waals surface area contributed by atoms with Crippen LogP contribution in [0.4, 0.5) is 0 Å². The van der Waals surface area contributed by atoms with Gasteiger partial charge in [0, 0.05) is 19.7 Å². The van der Waals surface area contributed by atoms with E-state index in [0.29, 0.717) is 10.6 Å². The van der Waals surface area contributed by atoms with E-state index in [4.69, 9.17) is 11.6 Å². The number of hydrogen-bond donors (Lipinski definition) is 0. The van der Waals surface area contributed by atoms with Crippen molar-refractivity contribution in [1.29, 1.82) is 0 Å². The van der Waals surface area contributed by atoms with Crippen molar-refractivity contribution in [2.45, 2.75) is 13.8 Å². The van der Waals surface area contributed by atoms with Crippen LogP contribution in [0.15, 0.2) is 36.4 Å². The molecule has 0 saturated carbocycles. The van der Waals surface area contributed by atoms with Gasteiger partial charge in [-0.1, -0.05) is 35.9 Å². The van der Waals surface area contributed by atoms with Gasteiger partial charge in [-0.15, -0.1) is 0 Å². The van der Waals surface area contributed by atoms with E-state index in [2.05, 4.69) is 22.6 Å². The first-order valence-corrected chi connectivity index (χ1v) is 7.02. The molecule has 0 aliphatic heterocycles. The highest BCUT2D eigenvalue weighted by Crippen LogP contribution is 2.23. The summed E-state index contributed by atoms with van der Waals surface area (Å²) in [6, 6.07) is 11.2.